The van der Waals surface area contributed by atoms with Gasteiger partial charge >= 0.3 is 5.69 Å². The number of hydrogen-bond donors (Lipinski definition) is 0. The second-order valence-corrected chi connectivity index (χ2v) is 4.28. The van der Waals surface area contributed by atoms with Crippen LogP contribution in [0.3, 0.4) is 0 Å². The maximum atomic E-state index is 13.7. The van der Waals surface area contributed by atoms with Gasteiger partial charge < -0.3 is 4.74 Å². The van der Waals surface area contributed by atoms with Crippen molar-refractivity contribution in [1.82, 2.24) is 0 Å². The van der Waals surface area contributed by atoms with Gasteiger partial charge in [0.2, 0.25) is 5.82 Å². The fourth-order valence-electron chi connectivity index (χ4n) is 1.57. The molecule has 2 aromatic rings. The lowest BCUT2D eigenvalue weighted by atomic mass is 10.2. The number of nitro benzene ring substituents is 1. The fraction of sp³-hybridized carbons (Fsp3) is 0. The molecule has 0 fully saturated rings. The van der Waals surface area contributed by atoms with Gasteiger partial charge in [0, 0.05) is 6.07 Å². The van der Waals surface area contributed by atoms with E-state index in [0.717, 1.165) is 0 Å². The van der Waals surface area contributed by atoms with E-state index >= 15 is 0 Å². The molecule has 0 saturated heterocycles. The SMILES string of the molecule is O=Cc1cccc(Cl)c1Oc1cc(F)c([N+](=O)[O-])cc1F. The summed E-state index contributed by atoms with van der Waals surface area (Å²) in [6, 6.07) is 5.15. The summed E-state index contributed by atoms with van der Waals surface area (Å²) in [6.07, 6.45) is 0.431. The summed E-state index contributed by atoms with van der Waals surface area (Å²) >= 11 is 5.82. The number of aldehydes is 1. The van der Waals surface area contributed by atoms with Crippen LogP contribution < -0.4 is 4.74 Å². The second-order valence-electron chi connectivity index (χ2n) is 3.87. The molecule has 0 unspecified atom stereocenters. The van der Waals surface area contributed by atoms with E-state index in [1.54, 1.807) is 0 Å². The summed E-state index contributed by atoms with van der Waals surface area (Å²) in [5.41, 5.74) is -0.990. The second kappa shape index (κ2) is 5.84. The quantitative estimate of drug-likeness (QED) is 0.483. The zero-order valence-corrected chi connectivity index (χ0v) is 10.9. The third-order valence-corrected chi connectivity index (χ3v) is 2.83. The monoisotopic (exact) mass is 313 g/mol. The highest BCUT2D eigenvalue weighted by atomic mass is 35.5. The zero-order valence-electron chi connectivity index (χ0n) is 10.2. The van der Waals surface area contributed by atoms with Gasteiger partial charge in [-0.25, -0.2) is 4.39 Å². The van der Waals surface area contributed by atoms with E-state index in [2.05, 4.69) is 0 Å². The minimum absolute atomic E-state index is 0.0118. The molecule has 0 saturated carbocycles. The van der Waals surface area contributed by atoms with Crippen molar-refractivity contribution in [1.29, 1.82) is 0 Å². The maximum absolute atomic E-state index is 13.7. The molecule has 0 heterocycles. The Morgan fingerprint density at radius 1 is 1.24 bits per heavy atom. The number of hydrogen-bond acceptors (Lipinski definition) is 4. The number of benzene rings is 2. The van der Waals surface area contributed by atoms with Crippen molar-refractivity contribution in [2.45, 2.75) is 0 Å². The molecule has 2 rings (SSSR count). The standard InChI is InChI=1S/C13H6ClF2NO4/c14-8-3-1-2-7(6-18)13(8)21-12-5-9(15)11(17(19)20)4-10(12)16/h1-6H. The van der Waals surface area contributed by atoms with Gasteiger partial charge in [-0.15, -0.1) is 0 Å². The lowest BCUT2D eigenvalue weighted by molar-refractivity contribution is -0.387. The highest BCUT2D eigenvalue weighted by Crippen LogP contribution is 2.35. The molecule has 2 aromatic carbocycles. The van der Waals surface area contributed by atoms with Gasteiger partial charge in [0.05, 0.1) is 21.6 Å². The van der Waals surface area contributed by atoms with Crippen LogP contribution in [0.1, 0.15) is 10.4 Å². The van der Waals surface area contributed by atoms with E-state index in [1.165, 1.54) is 18.2 Å². The van der Waals surface area contributed by atoms with Crippen molar-refractivity contribution in [2.24, 2.45) is 0 Å². The Hall–Kier alpha value is -2.54. The van der Waals surface area contributed by atoms with E-state index in [4.69, 9.17) is 16.3 Å². The zero-order chi connectivity index (χ0) is 15.6. The summed E-state index contributed by atoms with van der Waals surface area (Å²) in [5.74, 6) is -3.20. The molecule has 5 nitrogen and oxygen atoms in total. The van der Waals surface area contributed by atoms with Gasteiger partial charge in [-0.05, 0) is 12.1 Å². The van der Waals surface area contributed by atoms with Crippen LogP contribution in [-0.4, -0.2) is 11.2 Å². The van der Waals surface area contributed by atoms with Crippen LogP contribution in [-0.2, 0) is 0 Å². The molecule has 0 aliphatic rings. The van der Waals surface area contributed by atoms with Gasteiger partial charge in [-0.3, -0.25) is 14.9 Å². The Kier molecular flexibility index (Phi) is 4.13. The number of halogens is 3. The largest absolute Gasteiger partial charge is 0.452 e. The molecule has 0 aliphatic heterocycles. The molecule has 108 valence electrons. The number of carbonyl (C=O) groups is 1. The van der Waals surface area contributed by atoms with Crippen molar-refractivity contribution in [3.05, 3.63) is 62.7 Å². The molecule has 8 heteroatoms. The van der Waals surface area contributed by atoms with Crippen LogP contribution in [0, 0.1) is 21.7 Å². The molecule has 0 aliphatic carbocycles. The summed E-state index contributed by atoms with van der Waals surface area (Å²) in [7, 11) is 0. The number of nitrogens with zero attached hydrogens (tertiary/aromatic N) is 1. The molecule has 0 atom stereocenters. The fourth-order valence-corrected chi connectivity index (χ4v) is 1.79. The van der Waals surface area contributed by atoms with E-state index in [-0.39, 0.29) is 16.3 Å². The first-order chi connectivity index (χ1) is 9.93. The average Bonchev–Trinajstić information content (AvgIpc) is 2.44. The van der Waals surface area contributed by atoms with Gasteiger partial charge in [0.1, 0.15) is 0 Å². The van der Waals surface area contributed by atoms with Crippen molar-refractivity contribution in [3.63, 3.8) is 0 Å². The third-order valence-electron chi connectivity index (χ3n) is 2.53. The first kappa shape index (κ1) is 14.9. The molecule has 0 aromatic heterocycles. The molecule has 21 heavy (non-hydrogen) atoms. The Morgan fingerprint density at radius 2 is 1.95 bits per heavy atom. The predicted octanol–water partition coefficient (Wildman–Crippen LogP) is 4.13. The summed E-state index contributed by atoms with van der Waals surface area (Å²) < 4.78 is 32.3. The minimum atomic E-state index is -1.27. The molecule has 0 N–H and O–H groups in total. The Bertz CT molecular complexity index is 736. The van der Waals surface area contributed by atoms with Crippen LogP contribution >= 0.6 is 11.6 Å². The van der Waals surface area contributed by atoms with Crippen LogP contribution in [0.4, 0.5) is 14.5 Å². The Morgan fingerprint density at radius 3 is 2.57 bits per heavy atom. The van der Waals surface area contributed by atoms with Crippen LogP contribution in [0.5, 0.6) is 11.5 Å². The normalized spacial score (nSPS) is 10.2. The summed E-state index contributed by atoms with van der Waals surface area (Å²) in [5, 5.41) is 10.5. The molecular weight excluding hydrogens is 308 g/mol. The number of para-hydroxylation sites is 1. The Labute approximate surface area is 121 Å². The number of carbonyl (C=O) groups excluding carboxylic acids is 1. The first-order valence-corrected chi connectivity index (χ1v) is 5.87. The van der Waals surface area contributed by atoms with Crippen LogP contribution in [0.25, 0.3) is 0 Å². The van der Waals surface area contributed by atoms with Crippen molar-refractivity contribution in [2.75, 3.05) is 0 Å². The lowest BCUT2D eigenvalue weighted by Crippen LogP contribution is -1.98. The van der Waals surface area contributed by atoms with E-state index in [1.807, 2.05) is 0 Å². The summed E-state index contributed by atoms with van der Waals surface area (Å²) in [6.45, 7) is 0. The van der Waals surface area contributed by atoms with Gasteiger partial charge in [0.25, 0.3) is 0 Å². The highest BCUT2D eigenvalue weighted by molar-refractivity contribution is 6.32. The smallest absolute Gasteiger partial charge is 0.307 e. The van der Waals surface area contributed by atoms with E-state index in [9.17, 15) is 23.7 Å². The predicted molar refractivity (Wildman–Crippen MR) is 69.9 cm³/mol. The maximum Gasteiger partial charge on any atom is 0.307 e. The van der Waals surface area contributed by atoms with E-state index in [0.29, 0.717) is 18.4 Å². The van der Waals surface area contributed by atoms with Gasteiger partial charge in [-0.2, -0.15) is 4.39 Å². The lowest BCUT2D eigenvalue weighted by Gasteiger charge is -2.10. The topological polar surface area (TPSA) is 69.4 Å². The first-order valence-electron chi connectivity index (χ1n) is 5.49. The van der Waals surface area contributed by atoms with E-state index < -0.39 is 28.0 Å². The number of nitro groups is 1. The van der Waals surface area contributed by atoms with Crippen molar-refractivity contribution < 1.29 is 23.2 Å². The molecule has 0 bridgehead atoms. The van der Waals surface area contributed by atoms with Crippen LogP contribution in [0.2, 0.25) is 5.02 Å². The van der Waals surface area contributed by atoms with Gasteiger partial charge in [0.15, 0.2) is 23.6 Å². The van der Waals surface area contributed by atoms with Crippen LogP contribution in [0.15, 0.2) is 30.3 Å². The third kappa shape index (κ3) is 2.97. The molecule has 0 amide bonds. The number of ether oxygens (including phenoxy) is 1. The molecule has 0 spiro atoms. The van der Waals surface area contributed by atoms with Crippen molar-refractivity contribution >= 4 is 23.6 Å². The summed E-state index contributed by atoms with van der Waals surface area (Å²) in [4.78, 5) is 20.3. The highest BCUT2D eigenvalue weighted by Gasteiger charge is 2.21. The average molecular weight is 314 g/mol. The Balaban J connectivity index is 2.48. The minimum Gasteiger partial charge on any atom is -0.452 e. The number of rotatable bonds is 4. The molecule has 0 radical (unpaired) electrons. The molecular formula is C13H6ClF2NO4. The van der Waals surface area contributed by atoms with Gasteiger partial charge in [-0.1, -0.05) is 17.7 Å². The van der Waals surface area contributed by atoms with Crippen molar-refractivity contribution in [3.8, 4) is 11.5 Å².